The van der Waals surface area contributed by atoms with Gasteiger partial charge >= 0.3 is 6.18 Å². The molecule has 4 nitrogen and oxygen atoms in total. The third kappa shape index (κ3) is 4.97. The molecule has 0 bridgehead atoms. The van der Waals surface area contributed by atoms with E-state index in [4.69, 9.17) is 0 Å². The van der Waals surface area contributed by atoms with Crippen LogP contribution in [-0.4, -0.2) is 24.4 Å². The zero-order valence-electron chi connectivity index (χ0n) is 13.5. The lowest BCUT2D eigenvalue weighted by Crippen LogP contribution is -2.45. The molecule has 0 saturated heterocycles. The molecule has 0 spiro atoms. The maximum absolute atomic E-state index is 12.5. The standard InChI is InChI=1S/C17H21F3N2O2/c1-11-4-2-3-5-14(11)22-15(23)10-21-16(24)12-6-8-13(9-7-12)17(18,19)20/h6-9,11,14H,2-5,10H2,1H3,(H,21,24)(H,22,23)/t11-,14+/m1/s1. The first-order chi connectivity index (χ1) is 11.3. The summed E-state index contributed by atoms with van der Waals surface area (Å²) < 4.78 is 37.4. The molecule has 132 valence electrons. The van der Waals surface area contributed by atoms with Crippen molar-refractivity contribution in [2.45, 2.75) is 44.8 Å². The van der Waals surface area contributed by atoms with Crippen LogP contribution in [0.25, 0.3) is 0 Å². The summed E-state index contributed by atoms with van der Waals surface area (Å²) in [5, 5.41) is 5.33. The Kier molecular flexibility index (Phi) is 5.85. The van der Waals surface area contributed by atoms with Gasteiger partial charge in [0.2, 0.25) is 5.91 Å². The summed E-state index contributed by atoms with van der Waals surface area (Å²) in [6.45, 7) is 1.90. The quantitative estimate of drug-likeness (QED) is 0.883. The highest BCUT2D eigenvalue weighted by atomic mass is 19.4. The van der Waals surface area contributed by atoms with E-state index >= 15 is 0 Å². The Bertz CT molecular complexity index is 584. The highest BCUT2D eigenvalue weighted by Crippen LogP contribution is 2.29. The summed E-state index contributed by atoms with van der Waals surface area (Å²) in [7, 11) is 0. The van der Waals surface area contributed by atoms with Crippen molar-refractivity contribution in [2.75, 3.05) is 6.54 Å². The van der Waals surface area contributed by atoms with E-state index in [0.717, 1.165) is 49.9 Å². The SMILES string of the molecule is C[C@@H]1CCCC[C@@H]1NC(=O)CNC(=O)c1ccc(C(F)(F)F)cc1. The first-order valence-corrected chi connectivity index (χ1v) is 8.02. The van der Waals surface area contributed by atoms with Crippen molar-refractivity contribution in [3.63, 3.8) is 0 Å². The normalized spacial score (nSPS) is 21.2. The van der Waals surface area contributed by atoms with Crippen LogP contribution >= 0.6 is 0 Å². The number of rotatable bonds is 4. The Morgan fingerprint density at radius 3 is 2.33 bits per heavy atom. The van der Waals surface area contributed by atoms with Gasteiger partial charge in [-0.15, -0.1) is 0 Å². The zero-order valence-corrected chi connectivity index (χ0v) is 13.5. The van der Waals surface area contributed by atoms with Crippen LogP contribution in [-0.2, 0) is 11.0 Å². The second-order valence-corrected chi connectivity index (χ2v) is 6.19. The lowest BCUT2D eigenvalue weighted by Gasteiger charge is -2.29. The maximum atomic E-state index is 12.5. The van der Waals surface area contributed by atoms with Gasteiger partial charge in [-0.1, -0.05) is 19.8 Å². The van der Waals surface area contributed by atoms with E-state index < -0.39 is 17.6 Å². The number of alkyl halides is 3. The van der Waals surface area contributed by atoms with Crippen LogP contribution in [0.4, 0.5) is 13.2 Å². The molecular formula is C17H21F3N2O2. The van der Waals surface area contributed by atoms with E-state index in [1.54, 1.807) is 0 Å². The third-order valence-corrected chi connectivity index (χ3v) is 4.34. The molecule has 24 heavy (non-hydrogen) atoms. The molecule has 1 aromatic carbocycles. The van der Waals surface area contributed by atoms with Crippen molar-refractivity contribution in [1.29, 1.82) is 0 Å². The van der Waals surface area contributed by atoms with Gasteiger partial charge in [-0.25, -0.2) is 0 Å². The van der Waals surface area contributed by atoms with E-state index in [0.29, 0.717) is 5.92 Å². The average Bonchev–Trinajstić information content (AvgIpc) is 2.54. The Morgan fingerprint density at radius 2 is 1.75 bits per heavy atom. The van der Waals surface area contributed by atoms with Gasteiger partial charge in [0.1, 0.15) is 0 Å². The van der Waals surface area contributed by atoms with Gasteiger partial charge in [0.05, 0.1) is 12.1 Å². The predicted molar refractivity (Wildman–Crippen MR) is 83.3 cm³/mol. The summed E-state index contributed by atoms with van der Waals surface area (Å²) in [5.74, 6) is -0.446. The molecule has 2 amide bonds. The zero-order chi connectivity index (χ0) is 17.7. The number of carbonyl (C=O) groups is 2. The van der Waals surface area contributed by atoms with Crippen LogP contribution in [0, 0.1) is 5.92 Å². The summed E-state index contributed by atoms with van der Waals surface area (Å²) in [6, 6.07) is 4.00. The second kappa shape index (κ2) is 7.68. The van der Waals surface area contributed by atoms with Crippen LogP contribution in [0.3, 0.4) is 0 Å². The Hall–Kier alpha value is -2.05. The summed E-state index contributed by atoms with van der Waals surface area (Å²) >= 11 is 0. The van der Waals surface area contributed by atoms with Gasteiger partial charge < -0.3 is 10.6 Å². The summed E-state index contributed by atoms with van der Waals surface area (Å²) in [6.07, 6.45) is -0.195. The smallest absolute Gasteiger partial charge is 0.352 e. The summed E-state index contributed by atoms with van der Waals surface area (Å²) in [4.78, 5) is 23.8. The maximum Gasteiger partial charge on any atom is 0.416 e. The molecular weight excluding hydrogens is 321 g/mol. The van der Waals surface area contributed by atoms with Gasteiger partial charge in [-0.05, 0) is 43.0 Å². The van der Waals surface area contributed by atoms with Gasteiger partial charge in [0.25, 0.3) is 5.91 Å². The average molecular weight is 342 g/mol. The van der Waals surface area contributed by atoms with E-state index in [1.807, 2.05) is 0 Å². The molecule has 0 aromatic heterocycles. The molecule has 0 aliphatic heterocycles. The third-order valence-electron chi connectivity index (χ3n) is 4.34. The molecule has 1 fully saturated rings. The van der Waals surface area contributed by atoms with E-state index in [-0.39, 0.29) is 24.1 Å². The second-order valence-electron chi connectivity index (χ2n) is 6.19. The van der Waals surface area contributed by atoms with Crippen LogP contribution < -0.4 is 10.6 Å². The first-order valence-electron chi connectivity index (χ1n) is 8.02. The molecule has 0 radical (unpaired) electrons. The van der Waals surface area contributed by atoms with Crippen molar-refractivity contribution >= 4 is 11.8 Å². The van der Waals surface area contributed by atoms with E-state index in [1.165, 1.54) is 0 Å². The monoisotopic (exact) mass is 342 g/mol. The molecule has 2 atom stereocenters. The molecule has 0 heterocycles. The number of hydrogen-bond acceptors (Lipinski definition) is 2. The number of benzene rings is 1. The molecule has 1 aliphatic carbocycles. The minimum absolute atomic E-state index is 0.0850. The van der Waals surface area contributed by atoms with Crippen LogP contribution in [0.1, 0.15) is 48.5 Å². The number of hydrogen-bond donors (Lipinski definition) is 2. The van der Waals surface area contributed by atoms with Crippen molar-refractivity contribution in [2.24, 2.45) is 5.92 Å². The molecule has 7 heteroatoms. The molecule has 1 aliphatic rings. The van der Waals surface area contributed by atoms with Crippen LogP contribution in [0.5, 0.6) is 0 Å². The minimum atomic E-state index is -4.44. The topological polar surface area (TPSA) is 58.2 Å². The molecule has 1 aromatic rings. The fourth-order valence-electron chi connectivity index (χ4n) is 2.86. The highest BCUT2D eigenvalue weighted by molar-refractivity contribution is 5.96. The van der Waals surface area contributed by atoms with Crippen molar-refractivity contribution < 1.29 is 22.8 Å². The molecule has 0 unspecified atom stereocenters. The summed E-state index contributed by atoms with van der Waals surface area (Å²) in [5.41, 5.74) is -0.732. The first kappa shape index (κ1) is 18.3. The van der Waals surface area contributed by atoms with E-state index in [9.17, 15) is 22.8 Å². The Balaban J connectivity index is 1.83. The largest absolute Gasteiger partial charge is 0.416 e. The fourth-order valence-corrected chi connectivity index (χ4v) is 2.86. The van der Waals surface area contributed by atoms with Crippen molar-refractivity contribution in [3.05, 3.63) is 35.4 Å². The number of nitrogens with one attached hydrogen (secondary N) is 2. The lowest BCUT2D eigenvalue weighted by atomic mass is 9.86. The van der Waals surface area contributed by atoms with Crippen molar-refractivity contribution in [3.8, 4) is 0 Å². The molecule has 1 saturated carbocycles. The minimum Gasteiger partial charge on any atom is -0.352 e. The van der Waals surface area contributed by atoms with Gasteiger partial charge in [0.15, 0.2) is 0 Å². The molecule has 2 rings (SSSR count). The van der Waals surface area contributed by atoms with Gasteiger partial charge in [-0.2, -0.15) is 13.2 Å². The fraction of sp³-hybridized carbons (Fsp3) is 0.529. The highest BCUT2D eigenvalue weighted by Gasteiger charge is 2.30. The Labute approximate surface area is 138 Å². The molecule has 2 N–H and O–H groups in total. The number of halogens is 3. The van der Waals surface area contributed by atoms with Gasteiger partial charge in [0, 0.05) is 11.6 Å². The number of amides is 2. The number of carbonyl (C=O) groups excluding carboxylic acids is 2. The van der Waals surface area contributed by atoms with Crippen molar-refractivity contribution in [1.82, 2.24) is 10.6 Å². The Morgan fingerprint density at radius 1 is 1.12 bits per heavy atom. The lowest BCUT2D eigenvalue weighted by molar-refractivity contribution is -0.137. The van der Waals surface area contributed by atoms with Crippen LogP contribution in [0.2, 0.25) is 0 Å². The van der Waals surface area contributed by atoms with Gasteiger partial charge in [-0.3, -0.25) is 9.59 Å². The van der Waals surface area contributed by atoms with E-state index in [2.05, 4.69) is 17.6 Å². The van der Waals surface area contributed by atoms with Crippen LogP contribution in [0.15, 0.2) is 24.3 Å². The predicted octanol–water partition coefficient (Wildman–Crippen LogP) is 3.13.